The number of ether oxygens (including phenoxy) is 1. The summed E-state index contributed by atoms with van der Waals surface area (Å²) in [5.41, 5.74) is 0.890. The first-order valence-corrected chi connectivity index (χ1v) is 8.99. The van der Waals surface area contributed by atoms with Gasteiger partial charge in [0, 0.05) is 17.2 Å². The van der Waals surface area contributed by atoms with Crippen LogP contribution >= 0.6 is 0 Å². The fraction of sp³-hybridized carbons (Fsp3) is 0.273. The lowest BCUT2D eigenvalue weighted by Gasteiger charge is -2.34. The lowest BCUT2D eigenvalue weighted by Crippen LogP contribution is -2.29. The zero-order valence-electron chi connectivity index (χ0n) is 16.0. The van der Waals surface area contributed by atoms with Crippen molar-refractivity contribution in [2.24, 2.45) is 5.41 Å². The molecule has 6 heteroatoms. The number of nitrogens with one attached hydrogen (secondary N) is 1. The molecule has 1 atom stereocenters. The number of rotatable bonds is 8. The molecular weight excluding hydrogens is 358 g/mol. The van der Waals surface area contributed by atoms with Crippen LogP contribution in [0, 0.1) is 5.41 Å². The molecule has 1 amide bonds. The van der Waals surface area contributed by atoms with Gasteiger partial charge in [0.15, 0.2) is 0 Å². The molecule has 0 aromatic heterocycles. The quantitative estimate of drug-likeness (QED) is 0.549. The largest absolute Gasteiger partial charge is 0.508 e. The van der Waals surface area contributed by atoms with Crippen molar-refractivity contribution in [3.05, 3.63) is 72.3 Å². The average Bonchev–Trinajstić information content (AvgIpc) is 2.65. The van der Waals surface area contributed by atoms with Gasteiger partial charge >= 0.3 is 12.1 Å². The van der Waals surface area contributed by atoms with E-state index >= 15 is 0 Å². The van der Waals surface area contributed by atoms with Crippen molar-refractivity contribution in [3.8, 4) is 5.75 Å². The summed E-state index contributed by atoms with van der Waals surface area (Å²) in [5, 5.41) is 21.0. The Morgan fingerprint density at radius 3 is 2.36 bits per heavy atom. The van der Waals surface area contributed by atoms with Crippen LogP contribution in [0.4, 0.5) is 10.5 Å². The molecule has 0 saturated carbocycles. The van der Waals surface area contributed by atoms with Crippen LogP contribution in [0.1, 0.15) is 38.4 Å². The number of amides is 1. The molecule has 0 aliphatic carbocycles. The van der Waals surface area contributed by atoms with Crippen molar-refractivity contribution >= 4 is 17.7 Å². The van der Waals surface area contributed by atoms with Crippen LogP contribution in [0.2, 0.25) is 0 Å². The summed E-state index contributed by atoms with van der Waals surface area (Å²) in [6.07, 6.45) is 2.64. The molecule has 0 bridgehead atoms. The van der Waals surface area contributed by atoms with Crippen LogP contribution in [0.15, 0.2) is 66.7 Å². The maximum Gasteiger partial charge on any atom is 0.412 e. The Balaban J connectivity index is 2.17. The highest BCUT2D eigenvalue weighted by Crippen LogP contribution is 2.41. The number of carboxylic acid groups (broad SMARTS) is 1. The molecule has 0 spiro atoms. The number of hydrogen-bond donors (Lipinski definition) is 3. The van der Waals surface area contributed by atoms with E-state index in [9.17, 15) is 14.7 Å². The van der Waals surface area contributed by atoms with Crippen molar-refractivity contribution in [3.63, 3.8) is 0 Å². The number of carboxylic acids is 1. The molecule has 0 heterocycles. The summed E-state index contributed by atoms with van der Waals surface area (Å²) in [5.74, 6) is -0.871. The first-order valence-electron chi connectivity index (χ1n) is 8.99. The minimum Gasteiger partial charge on any atom is -0.508 e. The lowest BCUT2D eigenvalue weighted by molar-refractivity contribution is -0.131. The first kappa shape index (κ1) is 21.0. The smallest absolute Gasteiger partial charge is 0.412 e. The number of hydrogen-bond acceptors (Lipinski definition) is 4. The van der Waals surface area contributed by atoms with E-state index in [1.807, 2.05) is 32.0 Å². The van der Waals surface area contributed by atoms with Gasteiger partial charge in [0.05, 0.1) is 0 Å². The van der Waals surface area contributed by atoms with Gasteiger partial charge in [-0.15, -0.1) is 0 Å². The van der Waals surface area contributed by atoms with Crippen LogP contribution in [0.3, 0.4) is 0 Å². The van der Waals surface area contributed by atoms with E-state index in [1.54, 1.807) is 42.5 Å². The number of aliphatic carboxylic acids is 1. The summed E-state index contributed by atoms with van der Waals surface area (Å²) in [7, 11) is 0. The fourth-order valence-electron chi connectivity index (χ4n) is 2.87. The van der Waals surface area contributed by atoms with Gasteiger partial charge in [-0.3, -0.25) is 5.32 Å². The molecule has 0 aliphatic rings. The van der Waals surface area contributed by atoms with E-state index < -0.39 is 23.6 Å². The van der Waals surface area contributed by atoms with E-state index in [0.29, 0.717) is 18.5 Å². The molecule has 6 nitrogen and oxygen atoms in total. The number of anilines is 1. The minimum absolute atomic E-state index is 0.124. The second-order valence-corrected chi connectivity index (χ2v) is 7.14. The Morgan fingerprint density at radius 2 is 1.75 bits per heavy atom. The zero-order valence-corrected chi connectivity index (χ0v) is 16.0. The van der Waals surface area contributed by atoms with Crippen LogP contribution in [-0.2, 0) is 9.53 Å². The van der Waals surface area contributed by atoms with Crippen molar-refractivity contribution in [1.29, 1.82) is 0 Å². The Bertz CT molecular complexity index is 813. The summed E-state index contributed by atoms with van der Waals surface area (Å²) in [6.45, 7) is 3.91. The molecule has 2 rings (SSSR count). The molecule has 0 saturated heterocycles. The van der Waals surface area contributed by atoms with E-state index in [2.05, 4.69) is 5.32 Å². The molecule has 0 fully saturated rings. The lowest BCUT2D eigenvalue weighted by atomic mass is 9.78. The SMILES string of the molecule is CC(C)(CC/C=C/C(=O)O)[C@@H](OC(=O)Nc1ccccc1)c1ccc(O)cc1. The van der Waals surface area contributed by atoms with Gasteiger partial charge in [-0.1, -0.05) is 50.3 Å². The Morgan fingerprint density at radius 1 is 1.11 bits per heavy atom. The molecule has 0 aliphatic heterocycles. The Kier molecular flexibility index (Phi) is 7.21. The molecule has 3 N–H and O–H groups in total. The van der Waals surface area contributed by atoms with Crippen molar-refractivity contribution < 1.29 is 24.5 Å². The van der Waals surface area contributed by atoms with E-state index in [1.165, 1.54) is 0 Å². The predicted octanol–water partition coefficient (Wildman–Crippen LogP) is 5.13. The number of carbonyl (C=O) groups is 2. The molecule has 0 unspecified atom stereocenters. The molecular formula is C22H25NO5. The van der Waals surface area contributed by atoms with Crippen LogP contribution in [0.5, 0.6) is 5.75 Å². The van der Waals surface area contributed by atoms with Crippen LogP contribution in [-0.4, -0.2) is 22.3 Å². The highest BCUT2D eigenvalue weighted by Gasteiger charge is 2.33. The second-order valence-electron chi connectivity index (χ2n) is 7.14. The van der Waals surface area contributed by atoms with Gasteiger partial charge in [-0.25, -0.2) is 9.59 Å². The van der Waals surface area contributed by atoms with Gasteiger partial charge < -0.3 is 14.9 Å². The summed E-state index contributed by atoms with van der Waals surface area (Å²) in [4.78, 5) is 23.1. The Labute approximate surface area is 164 Å². The molecule has 2 aromatic rings. The fourth-order valence-corrected chi connectivity index (χ4v) is 2.87. The van der Waals surface area contributed by atoms with Gasteiger partial charge in [0.1, 0.15) is 11.9 Å². The number of benzene rings is 2. The third-order valence-electron chi connectivity index (χ3n) is 4.37. The summed E-state index contributed by atoms with van der Waals surface area (Å²) in [6, 6.07) is 15.5. The zero-order chi connectivity index (χ0) is 20.6. The number of phenols is 1. The van der Waals surface area contributed by atoms with Gasteiger partial charge in [-0.05, 0) is 42.7 Å². The third-order valence-corrected chi connectivity index (χ3v) is 4.37. The van der Waals surface area contributed by atoms with Crippen LogP contribution < -0.4 is 5.32 Å². The maximum absolute atomic E-state index is 12.5. The number of phenolic OH excluding ortho intramolecular Hbond substituents is 1. The second kappa shape index (κ2) is 9.60. The molecule has 0 radical (unpaired) electrons. The highest BCUT2D eigenvalue weighted by molar-refractivity contribution is 5.84. The van der Waals surface area contributed by atoms with Crippen molar-refractivity contribution in [1.82, 2.24) is 0 Å². The van der Waals surface area contributed by atoms with Gasteiger partial charge in [0.25, 0.3) is 0 Å². The first-order chi connectivity index (χ1) is 13.3. The third kappa shape index (κ3) is 6.46. The summed E-state index contributed by atoms with van der Waals surface area (Å²) < 4.78 is 5.75. The van der Waals surface area contributed by atoms with Crippen LogP contribution in [0.25, 0.3) is 0 Å². The molecule has 148 valence electrons. The number of allylic oxidation sites excluding steroid dienone is 1. The normalized spacial score (nSPS) is 12.5. The topological polar surface area (TPSA) is 95.9 Å². The molecule has 2 aromatic carbocycles. The number of para-hydroxylation sites is 1. The number of aromatic hydroxyl groups is 1. The maximum atomic E-state index is 12.5. The van der Waals surface area contributed by atoms with Gasteiger partial charge in [0.2, 0.25) is 0 Å². The highest BCUT2D eigenvalue weighted by atomic mass is 16.6. The predicted molar refractivity (Wildman–Crippen MR) is 107 cm³/mol. The monoisotopic (exact) mass is 383 g/mol. The molecule has 28 heavy (non-hydrogen) atoms. The minimum atomic E-state index is -0.994. The standard InChI is InChI=1S/C22H25NO5/c1-22(2,15-7-6-10-19(25)26)20(16-11-13-18(24)14-12-16)28-21(27)23-17-8-4-3-5-9-17/h3-6,8-14,20,24H,7,15H2,1-2H3,(H,23,27)(H,25,26)/b10-6+/t20-/m0/s1. The van der Waals surface area contributed by atoms with Crippen molar-refractivity contribution in [2.75, 3.05) is 5.32 Å². The van der Waals surface area contributed by atoms with Gasteiger partial charge in [-0.2, -0.15) is 0 Å². The number of carbonyl (C=O) groups excluding carboxylic acids is 1. The van der Waals surface area contributed by atoms with E-state index in [-0.39, 0.29) is 5.75 Å². The van der Waals surface area contributed by atoms with E-state index in [0.717, 1.165) is 11.6 Å². The Hall–Kier alpha value is -3.28. The average molecular weight is 383 g/mol. The van der Waals surface area contributed by atoms with E-state index in [4.69, 9.17) is 9.84 Å². The van der Waals surface area contributed by atoms with Crippen molar-refractivity contribution in [2.45, 2.75) is 32.8 Å². The summed E-state index contributed by atoms with van der Waals surface area (Å²) >= 11 is 0.